The first kappa shape index (κ1) is 17.0. The first-order chi connectivity index (χ1) is 13.3. The number of nitrogens with zero attached hydrogens (tertiary/aromatic N) is 4. The van der Waals surface area contributed by atoms with Gasteiger partial charge in [-0.2, -0.15) is 0 Å². The smallest absolute Gasteiger partial charge is 0.256 e. The van der Waals surface area contributed by atoms with Crippen molar-refractivity contribution in [1.29, 1.82) is 0 Å². The van der Waals surface area contributed by atoms with Crippen LogP contribution in [0.1, 0.15) is 10.4 Å². The highest BCUT2D eigenvalue weighted by Gasteiger charge is 2.18. The van der Waals surface area contributed by atoms with Crippen LogP contribution in [0.5, 0.6) is 0 Å². The number of piperazine rings is 1. The van der Waals surface area contributed by atoms with E-state index in [0.717, 1.165) is 32.0 Å². The summed E-state index contributed by atoms with van der Waals surface area (Å²) in [6.45, 7) is 3.66. The molecule has 1 N–H and O–H groups in total. The number of para-hydroxylation sites is 1. The molecule has 1 fully saturated rings. The van der Waals surface area contributed by atoms with Gasteiger partial charge in [0.25, 0.3) is 5.91 Å². The van der Waals surface area contributed by atoms with Gasteiger partial charge in [0, 0.05) is 37.4 Å². The Balaban J connectivity index is 1.35. The second-order valence-corrected chi connectivity index (χ2v) is 6.41. The normalized spacial score (nSPS) is 14.1. The Morgan fingerprint density at radius 2 is 1.37 bits per heavy atom. The summed E-state index contributed by atoms with van der Waals surface area (Å²) in [5, 5.41) is 11.2. The maximum Gasteiger partial charge on any atom is 0.256 e. The molecular weight excluding hydrogens is 338 g/mol. The lowest BCUT2D eigenvalue weighted by atomic mass is 10.2. The largest absolute Gasteiger partial charge is 0.368 e. The molecule has 0 atom stereocenters. The maximum absolute atomic E-state index is 12.2. The van der Waals surface area contributed by atoms with Crippen LogP contribution in [0.4, 0.5) is 17.3 Å². The van der Waals surface area contributed by atoms with E-state index in [1.54, 1.807) is 18.2 Å². The van der Waals surface area contributed by atoms with Crippen LogP contribution in [0.25, 0.3) is 0 Å². The molecule has 1 aliphatic heterocycles. The molecule has 136 valence electrons. The monoisotopic (exact) mass is 359 g/mol. The van der Waals surface area contributed by atoms with Gasteiger partial charge in [-0.15, -0.1) is 10.2 Å². The molecule has 2 heterocycles. The van der Waals surface area contributed by atoms with Crippen molar-refractivity contribution in [3.8, 4) is 0 Å². The Labute approximate surface area is 158 Å². The highest BCUT2D eigenvalue weighted by molar-refractivity contribution is 6.03. The molecule has 4 rings (SSSR count). The number of benzene rings is 2. The second kappa shape index (κ2) is 7.86. The van der Waals surface area contributed by atoms with Gasteiger partial charge in [-0.3, -0.25) is 4.79 Å². The number of hydrogen-bond donors (Lipinski definition) is 1. The van der Waals surface area contributed by atoms with Crippen LogP contribution in [-0.4, -0.2) is 42.3 Å². The zero-order chi connectivity index (χ0) is 18.5. The van der Waals surface area contributed by atoms with Crippen LogP contribution in [0, 0.1) is 0 Å². The molecule has 1 saturated heterocycles. The molecular formula is C21H21N5O. The fourth-order valence-corrected chi connectivity index (χ4v) is 3.17. The molecule has 0 bridgehead atoms. The average Bonchev–Trinajstić information content (AvgIpc) is 2.76. The topological polar surface area (TPSA) is 61.4 Å². The summed E-state index contributed by atoms with van der Waals surface area (Å²) in [4.78, 5) is 16.8. The Morgan fingerprint density at radius 3 is 2.00 bits per heavy atom. The van der Waals surface area contributed by atoms with Gasteiger partial charge in [-0.05, 0) is 36.4 Å². The van der Waals surface area contributed by atoms with Crippen molar-refractivity contribution >= 4 is 23.2 Å². The minimum atomic E-state index is -0.186. The summed E-state index contributed by atoms with van der Waals surface area (Å²) >= 11 is 0. The van der Waals surface area contributed by atoms with E-state index in [1.165, 1.54) is 5.69 Å². The van der Waals surface area contributed by atoms with Crippen molar-refractivity contribution in [3.05, 3.63) is 78.4 Å². The van der Waals surface area contributed by atoms with E-state index in [-0.39, 0.29) is 5.91 Å². The first-order valence-corrected chi connectivity index (χ1v) is 9.05. The van der Waals surface area contributed by atoms with E-state index < -0.39 is 0 Å². The fourth-order valence-electron chi connectivity index (χ4n) is 3.17. The quantitative estimate of drug-likeness (QED) is 0.776. The van der Waals surface area contributed by atoms with Crippen LogP contribution in [0.2, 0.25) is 0 Å². The number of nitrogens with one attached hydrogen (secondary N) is 1. The van der Waals surface area contributed by atoms with E-state index in [9.17, 15) is 4.79 Å². The molecule has 6 nitrogen and oxygen atoms in total. The van der Waals surface area contributed by atoms with E-state index in [0.29, 0.717) is 11.4 Å². The molecule has 0 radical (unpaired) electrons. The number of carbonyl (C=O) groups is 1. The zero-order valence-electron chi connectivity index (χ0n) is 15.0. The highest BCUT2D eigenvalue weighted by Crippen LogP contribution is 2.19. The number of carbonyl (C=O) groups excluding carboxylic acids is 1. The van der Waals surface area contributed by atoms with Crippen molar-refractivity contribution in [2.45, 2.75) is 0 Å². The van der Waals surface area contributed by atoms with Crippen LogP contribution in [0.15, 0.2) is 72.8 Å². The second-order valence-electron chi connectivity index (χ2n) is 6.41. The summed E-state index contributed by atoms with van der Waals surface area (Å²) in [5.74, 6) is 1.10. The van der Waals surface area contributed by atoms with Gasteiger partial charge in [-0.1, -0.05) is 36.4 Å². The molecule has 0 saturated carbocycles. The molecule has 6 heteroatoms. The standard InChI is InChI=1S/C21H21N5O/c27-21(17-7-3-1-4-8-17)22-19-11-12-20(24-23-19)26-15-13-25(14-16-26)18-9-5-2-6-10-18/h1-12H,13-16H2,(H,22,23,27). The minimum absolute atomic E-state index is 0.186. The lowest BCUT2D eigenvalue weighted by Gasteiger charge is -2.36. The Hall–Kier alpha value is -3.41. The van der Waals surface area contributed by atoms with Gasteiger partial charge in [0.2, 0.25) is 0 Å². The van der Waals surface area contributed by atoms with Crippen LogP contribution in [-0.2, 0) is 0 Å². The van der Waals surface area contributed by atoms with E-state index >= 15 is 0 Å². The van der Waals surface area contributed by atoms with Gasteiger partial charge in [0.15, 0.2) is 11.6 Å². The Bertz CT molecular complexity index is 875. The predicted molar refractivity (Wildman–Crippen MR) is 107 cm³/mol. The summed E-state index contributed by atoms with van der Waals surface area (Å²) in [7, 11) is 0. The van der Waals surface area contributed by atoms with Gasteiger partial charge >= 0.3 is 0 Å². The summed E-state index contributed by atoms with van der Waals surface area (Å²) in [6, 6.07) is 23.2. The van der Waals surface area contributed by atoms with Crippen molar-refractivity contribution in [1.82, 2.24) is 10.2 Å². The van der Waals surface area contributed by atoms with Crippen molar-refractivity contribution < 1.29 is 4.79 Å². The number of rotatable bonds is 4. The molecule has 27 heavy (non-hydrogen) atoms. The molecule has 0 spiro atoms. The Morgan fingerprint density at radius 1 is 0.741 bits per heavy atom. The molecule has 0 aliphatic carbocycles. The molecule has 2 aromatic carbocycles. The van der Waals surface area contributed by atoms with E-state index in [1.807, 2.05) is 30.3 Å². The maximum atomic E-state index is 12.2. The average molecular weight is 359 g/mol. The number of aromatic nitrogens is 2. The third kappa shape index (κ3) is 4.06. The predicted octanol–water partition coefficient (Wildman–Crippen LogP) is 3.06. The van der Waals surface area contributed by atoms with Crippen LogP contribution >= 0.6 is 0 Å². The SMILES string of the molecule is O=C(Nc1ccc(N2CCN(c3ccccc3)CC2)nn1)c1ccccc1. The van der Waals surface area contributed by atoms with Crippen molar-refractivity contribution in [2.24, 2.45) is 0 Å². The van der Waals surface area contributed by atoms with Crippen molar-refractivity contribution in [2.75, 3.05) is 41.3 Å². The molecule has 1 amide bonds. The number of anilines is 3. The zero-order valence-corrected chi connectivity index (χ0v) is 15.0. The third-order valence-electron chi connectivity index (χ3n) is 4.65. The van der Waals surface area contributed by atoms with E-state index in [4.69, 9.17) is 0 Å². The minimum Gasteiger partial charge on any atom is -0.368 e. The number of hydrogen-bond acceptors (Lipinski definition) is 5. The summed E-state index contributed by atoms with van der Waals surface area (Å²) < 4.78 is 0. The Kier molecular flexibility index (Phi) is 4.96. The number of amides is 1. The van der Waals surface area contributed by atoms with Gasteiger partial charge in [-0.25, -0.2) is 0 Å². The van der Waals surface area contributed by atoms with Crippen LogP contribution in [0.3, 0.4) is 0 Å². The molecule has 0 unspecified atom stereocenters. The van der Waals surface area contributed by atoms with Crippen molar-refractivity contribution in [3.63, 3.8) is 0 Å². The first-order valence-electron chi connectivity index (χ1n) is 9.05. The van der Waals surface area contributed by atoms with E-state index in [2.05, 4.69) is 49.6 Å². The summed E-state index contributed by atoms with van der Waals surface area (Å²) in [5.41, 5.74) is 1.85. The third-order valence-corrected chi connectivity index (χ3v) is 4.65. The molecule has 3 aromatic rings. The van der Waals surface area contributed by atoms with Gasteiger partial charge in [0.05, 0.1) is 0 Å². The van der Waals surface area contributed by atoms with Crippen LogP contribution < -0.4 is 15.1 Å². The molecule has 1 aromatic heterocycles. The van der Waals surface area contributed by atoms with Gasteiger partial charge in [0.1, 0.15) is 0 Å². The fraction of sp³-hybridized carbons (Fsp3) is 0.190. The highest BCUT2D eigenvalue weighted by atomic mass is 16.1. The molecule has 1 aliphatic rings. The summed E-state index contributed by atoms with van der Waals surface area (Å²) in [6.07, 6.45) is 0. The lowest BCUT2D eigenvalue weighted by molar-refractivity contribution is 0.102. The lowest BCUT2D eigenvalue weighted by Crippen LogP contribution is -2.46. The van der Waals surface area contributed by atoms with Gasteiger partial charge < -0.3 is 15.1 Å².